The number of para-hydroxylation sites is 1. The first-order valence-corrected chi connectivity index (χ1v) is 7.09. The molecular formula is C16H23NO2. The number of nitrogens with zero attached hydrogens (tertiary/aromatic N) is 1. The Morgan fingerprint density at radius 3 is 2.84 bits per heavy atom. The number of rotatable bonds is 3. The normalized spacial score (nSPS) is 21.0. The van der Waals surface area contributed by atoms with Crippen molar-refractivity contribution in [3.63, 3.8) is 0 Å². The summed E-state index contributed by atoms with van der Waals surface area (Å²) in [5.41, 5.74) is 1.06. The van der Waals surface area contributed by atoms with Crippen molar-refractivity contribution in [3.05, 3.63) is 29.8 Å². The van der Waals surface area contributed by atoms with E-state index in [2.05, 4.69) is 6.92 Å². The quantitative estimate of drug-likeness (QED) is 0.837. The summed E-state index contributed by atoms with van der Waals surface area (Å²) in [5, 5.41) is 0. The minimum atomic E-state index is -0.411. The summed E-state index contributed by atoms with van der Waals surface area (Å²) in [6.45, 7) is 7.76. The summed E-state index contributed by atoms with van der Waals surface area (Å²) >= 11 is 0. The number of hydrogen-bond acceptors (Lipinski definition) is 2. The van der Waals surface area contributed by atoms with Crippen LogP contribution >= 0.6 is 0 Å². The zero-order chi connectivity index (χ0) is 13.8. The van der Waals surface area contributed by atoms with Gasteiger partial charge in [-0.1, -0.05) is 25.1 Å². The average Bonchev–Trinajstić information content (AvgIpc) is 2.40. The van der Waals surface area contributed by atoms with Gasteiger partial charge < -0.3 is 9.64 Å². The summed E-state index contributed by atoms with van der Waals surface area (Å²) in [7, 11) is 0. The smallest absolute Gasteiger partial charge is 0.263 e. The number of carbonyl (C=O) groups excluding carboxylic acids is 1. The zero-order valence-electron chi connectivity index (χ0n) is 12.1. The summed E-state index contributed by atoms with van der Waals surface area (Å²) < 4.78 is 5.80. The second-order valence-corrected chi connectivity index (χ2v) is 5.56. The van der Waals surface area contributed by atoms with Crippen molar-refractivity contribution in [2.75, 3.05) is 13.1 Å². The predicted octanol–water partition coefficient (Wildman–Crippen LogP) is 3.02. The first-order valence-electron chi connectivity index (χ1n) is 7.09. The molecule has 1 aromatic carbocycles. The standard InChI is InChI=1S/C16H23NO2/c1-12-7-6-10-17(11-12)16(18)14(3)19-15-9-5-4-8-13(15)2/h4-5,8-9,12,14H,6-7,10-11H2,1-3H3/t12-,14-/m0/s1. The van der Waals surface area contributed by atoms with Crippen molar-refractivity contribution in [3.8, 4) is 5.75 Å². The number of ether oxygens (including phenoxy) is 1. The Morgan fingerprint density at radius 1 is 1.42 bits per heavy atom. The molecule has 1 aliphatic heterocycles. The molecule has 0 radical (unpaired) electrons. The lowest BCUT2D eigenvalue weighted by atomic mass is 10.00. The fourth-order valence-electron chi connectivity index (χ4n) is 2.58. The van der Waals surface area contributed by atoms with E-state index in [1.54, 1.807) is 0 Å². The van der Waals surface area contributed by atoms with E-state index < -0.39 is 6.10 Å². The van der Waals surface area contributed by atoms with Gasteiger partial charge in [0.05, 0.1) is 0 Å². The molecule has 1 saturated heterocycles. The van der Waals surface area contributed by atoms with E-state index in [9.17, 15) is 4.79 Å². The molecule has 0 aliphatic carbocycles. The van der Waals surface area contributed by atoms with Crippen LogP contribution in [0.4, 0.5) is 0 Å². The van der Waals surface area contributed by atoms with E-state index in [0.29, 0.717) is 5.92 Å². The maximum Gasteiger partial charge on any atom is 0.263 e. The number of hydrogen-bond donors (Lipinski definition) is 0. The van der Waals surface area contributed by atoms with Gasteiger partial charge in [-0.05, 0) is 44.2 Å². The van der Waals surface area contributed by atoms with Crippen molar-refractivity contribution in [2.24, 2.45) is 5.92 Å². The van der Waals surface area contributed by atoms with E-state index >= 15 is 0 Å². The van der Waals surface area contributed by atoms with Crippen LogP contribution in [0.1, 0.15) is 32.3 Å². The number of piperidine rings is 1. The molecule has 1 heterocycles. The maximum atomic E-state index is 12.4. The first kappa shape index (κ1) is 13.9. The number of benzene rings is 1. The lowest BCUT2D eigenvalue weighted by molar-refractivity contribution is -0.139. The van der Waals surface area contributed by atoms with Crippen molar-refractivity contribution in [1.82, 2.24) is 4.90 Å². The zero-order valence-corrected chi connectivity index (χ0v) is 12.1. The maximum absolute atomic E-state index is 12.4. The van der Waals surface area contributed by atoms with Gasteiger partial charge in [-0.3, -0.25) is 4.79 Å². The van der Waals surface area contributed by atoms with Gasteiger partial charge in [-0.25, -0.2) is 0 Å². The van der Waals surface area contributed by atoms with E-state index in [4.69, 9.17) is 4.74 Å². The minimum Gasteiger partial charge on any atom is -0.481 e. The number of amides is 1. The highest BCUT2D eigenvalue weighted by Crippen LogP contribution is 2.20. The topological polar surface area (TPSA) is 29.5 Å². The second kappa shape index (κ2) is 6.09. The molecule has 0 saturated carbocycles. The van der Waals surface area contributed by atoms with Crippen LogP contribution < -0.4 is 4.74 Å². The third-order valence-corrected chi connectivity index (χ3v) is 3.71. The van der Waals surface area contributed by atoms with E-state index in [0.717, 1.165) is 30.8 Å². The van der Waals surface area contributed by atoms with Crippen molar-refractivity contribution in [1.29, 1.82) is 0 Å². The van der Waals surface area contributed by atoms with Gasteiger partial charge in [0.1, 0.15) is 5.75 Å². The molecule has 0 N–H and O–H groups in total. The Balaban J connectivity index is 1.97. The first-order chi connectivity index (χ1) is 9.08. The van der Waals surface area contributed by atoms with E-state index in [1.165, 1.54) is 6.42 Å². The van der Waals surface area contributed by atoms with Crippen molar-refractivity contribution in [2.45, 2.75) is 39.7 Å². The Hall–Kier alpha value is -1.51. The molecule has 2 atom stereocenters. The van der Waals surface area contributed by atoms with Crippen LogP contribution in [0.15, 0.2) is 24.3 Å². The van der Waals surface area contributed by atoms with Gasteiger partial charge in [0.25, 0.3) is 5.91 Å². The van der Waals surface area contributed by atoms with Crippen LogP contribution in [0.5, 0.6) is 5.75 Å². The number of likely N-dealkylation sites (tertiary alicyclic amines) is 1. The third kappa shape index (κ3) is 3.49. The van der Waals surface area contributed by atoms with Crippen LogP contribution in [0, 0.1) is 12.8 Å². The number of carbonyl (C=O) groups is 1. The number of aryl methyl sites for hydroxylation is 1. The van der Waals surface area contributed by atoms with Crippen molar-refractivity contribution >= 4 is 5.91 Å². The Bertz CT molecular complexity index is 444. The molecule has 1 amide bonds. The molecule has 0 bridgehead atoms. The van der Waals surface area contributed by atoms with Crippen molar-refractivity contribution < 1.29 is 9.53 Å². The molecule has 2 rings (SSSR count). The fourth-order valence-corrected chi connectivity index (χ4v) is 2.58. The fraction of sp³-hybridized carbons (Fsp3) is 0.562. The van der Waals surface area contributed by atoms with Gasteiger partial charge in [-0.15, -0.1) is 0 Å². The third-order valence-electron chi connectivity index (χ3n) is 3.71. The molecule has 1 aliphatic rings. The molecule has 1 aromatic rings. The molecule has 1 fully saturated rings. The average molecular weight is 261 g/mol. The summed E-state index contributed by atoms with van der Waals surface area (Å²) in [6.07, 6.45) is 1.91. The molecule has 0 spiro atoms. The lowest BCUT2D eigenvalue weighted by Crippen LogP contribution is -2.45. The van der Waals surface area contributed by atoms with Gasteiger partial charge in [0, 0.05) is 13.1 Å². The Labute approximate surface area is 115 Å². The highest BCUT2D eigenvalue weighted by Gasteiger charge is 2.26. The summed E-state index contributed by atoms with van der Waals surface area (Å²) in [4.78, 5) is 14.3. The summed E-state index contributed by atoms with van der Waals surface area (Å²) in [5.74, 6) is 1.51. The predicted molar refractivity (Wildman–Crippen MR) is 76.2 cm³/mol. The lowest BCUT2D eigenvalue weighted by Gasteiger charge is -2.32. The van der Waals surface area contributed by atoms with Crippen LogP contribution in [-0.4, -0.2) is 30.0 Å². The van der Waals surface area contributed by atoms with Crippen LogP contribution in [0.25, 0.3) is 0 Å². The van der Waals surface area contributed by atoms with Crippen LogP contribution in [0.3, 0.4) is 0 Å². The van der Waals surface area contributed by atoms with Gasteiger partial charge in [0.2, 0.25) is 0 Å². The van der Waals surface area contributed by atoms with E-state index in [-0.39, 0.29) is 5.91 Å². The van der Waals surface area contributed by atoms with E-state index in [1.807, 2.05) is 43.0 Å². The van der Waals surface area contributed by atoms with Gasteiger partial charge >= 0.3 is 0 Å². The van der Waals surface area contributed by atoms with Gasteiger partial charge in [0.15, 0.2) is 6.10 Å². The molecule has 3 heteroatoms. The van der Waals surface area contributed by atoms with Gasteiger partial charge in [-0.2, -0.15) is 0 Å². The monoisotopic (exact) mass is 261 g/mol. The van der Waals surface area contributed by atoms with Crippen LogP contribution in [-0.2, 0) is 4.79 Å². The Morgan fingerprint density at radius 2 is 2.16 bits per heavy atom. The molecule has 3 nitrogen and oxygen atoms in total. The molecule has 104 valence electrons. The largest absolute Gasteiger partial charge is 0.481 e. The second-order valence-electron chi connectivity index (χ2n) is 5.56. The minimum absolute atomic E-state index is 0.106. The Kier molecular flexibility index (Phi) is 4.46. The highest BCUT2D eigenvalue weighted by atomic mass is 16.5. The molecule has 0 aromatic heterocycles. The SMILES string of the molecule is Cc1ccccc1O[C@@H](C)C(=O)N1CCC[C@H](C)C1. The molecular weight excluding hydrogens is 238 g/mol. The molecule has 19 heavy (non-hydrogen) atoms. The highest BCUT2D eigenvalue weighted by molar-refractivity contribution is 5.81. The summed E-state index contributed by atoms with van der Waals surface area (Å²) in [6, 6.07) is 7.82. The van der Waals surface area contributed by atoms with Crippen LogP contribution in [0.2, 0.25) is 0 Å². The molecule has 0 unspecified atom stereocenters.